The van der Waals surface area contributed by atoms with Crippen LogP contribution < -0.4 is 10.1 Å². The van der Waals surface area contributed by atoms with Crippen LogP contribution in [0.4, 0.5) is 0 Å². The van der Waals surface area contributed by atoms with Gasteiger partial charge in [0.1, 0.15) is 5.75 Å². The average molecular weight is 289 g/mol. The Hall–Kier alpha value is -1.55. The van der Waals surface area contributed by atoms with E-state index in [1.807, 2.05) is 12.1 Å². The zero-order chi connectivity index (χ0) is 14.9. The van der Waals surface area contributed by atoms with Crippen molar-refractivity contribution in [3.8, 4) is 5.75 Å². The molecule has 0 heterocycles. The molecule has 0 radical (unpaired) electrons. The van der Waals surface area contributed by atoms with Gasteiger partial charge in [0.2, 0.25) is 5.91 Å². The van der Waals surface area contributed by atoms with Gasteiger partial charge in [0.05, 0.1) is 25.2 Å². The Morgan fingerprint density at radius 2 is 2.19 bits per heavy atom. The van der Waals surface area contributed by atoms with Gasteiger partial charge in [0.15, 0.2) is 0 Å². The van der Waals surface area contributed by atoms with Crippen molar-refractivity contribution in [1.82, 2.24) is 5.32 Å². The molecule has 21 heavy (non-hydrogen) atoms. The van der Waals surface area contributed by atoms with Crippen LogP contribution in [-0.2, 0) is 11.2 Å². The number of rotatable bonds is 4. The van der Waals surface area contributed by atoms with Gasteiger partial charge in [-0.15, -0.1) is 0 Å². The molecule has 1 aromatic rings. The summed E-state index contributed by atoms with van der Waals surface area (Å²) in [6, 6.07) is 6.03. The van der Waals surface area contributed by atoms with Crippen LogP contribution >= 0.6 is 0 Å². The highest BCUT2D eigenvalue weighted by molar-refractivity contribution is 5.78. The Labute approximate surface area is 125 Å². The standard InChI is InChI=1S/C17H23NO3/c1-21-15-6-4-5-12-13(15)7-8-14(12)18-16(19)11-17(20)9-2-3-10-17/h4-6,14,20H,2-3,7-11H2,1H3,(H,18,19). The molecule has 2 aliphatic rings. The monoisotopic (exact) mass is 289 g/mol. The lowest BCUT2D eigenvalue weighted by molar-refractivity contribution is -0.126. The van der Waals surface area contributed by atoms with E-state index in [-0.39, 0.29) is 18.4 Å². The molecule has 4 nitrogen and oxygen atoms in total. The van der Waals surface area contributed by atoms with Gasteiger partial charge in [-0.1, -0.05) is 25.0 Å². The molecule has 1 fully saturated rings. The van der Waals surface area contributed by atoms with Crippen LogP contribution in [-0.4, -0.2) is 23.7 Å². The fraction of sp³-hybridized carbons (Fsp3) is 0.588. The molecule has 3 rings (SSSR count). The minimum absolute atomic E-state index is 0.0416. The summed E-state index contributed by atoms with van der Waals surface area (Å²) in [5, 5.41) is 13.4. The highest BCUT2D eigenvalue weighted by Gasteiger charge is 2.34. The molecular formula is C17H23NO3. The normalized spacial score (nSPS) is 22.9. The number of hydrogen-bond donors (Lipinski definition) is 2. The van der Waals surface area contributed by atoms with Crippen molar-refractivity contribution < 1.29 is 14.6 Å². The average Bonchev–Trinajstić information content (AvgIpc) is 3.05. The third-order valence-corrected chi connectivity index (χ3v) is 4.81. The quantitative estimate of drug-likeness (QED) is 0.895. The second kappa shape index (κ2) is 5.68. The molecule has 2 aliphatic carbocycles. The number of fused-ring (bicyclic) bond motifs is 1. The summed E-state index contributed by atoms with van der Waals surface area (Å²) >= 11 is 0. The predicted molar refractivity (Wildman–Crippen MR) is 80.2 cm³/mol. The number of methoxy groups -OCH3 is 1. The predicted octanol–water partition coefficient (Wildman–Crippen LogP) is 2.49. The van der Waals surface area contributed by atoms with Crippen LogP contribution in [0.25, 0.3) is 0 Å². The molecule has 0 saturated heterocycles. The number of ether oxygens (including phenoxy) is 1. The van der Waals surface area contributed by atoms with Crippen molar-refractivity contribution in [3.63, 3.8) is 0 Å². The van der Waals surface area contributed by atoms with E-state index in [4.69, 9.17) is 4.74 Å². The summed E-state index contributed by atoms with van der Waals surface area (Å²) in [6.45, 7) is 0. The van der Waals surface area contributed by atoms with Crippen LogP contribution in [0, 0.1) is 0 Å². The highest BCUT2D eigenvalue weighted by atomic mass is 16.5. The van der Waals surface area contributed by atoms with E-state index in [1.54, 1.807) is 7.11 Å². The van der Waals surface area contributed by atoms with Crippen molar-refractivity contribution in [2.75, 3.05) is 7.11 Å². The zero-order valence-corrected chi connectivity index (χ0v) is 12.5. The first-order chi connectivity index (χ1) is 10.1. The number of carbonyl (C=O) groups excluding carboxylic acids is 1. The molecule has 1 saturated carbocycles. The van der Waals surface area contributed by atoms with Crippen LogP contribution in [0.3, 0.4) is 0 Å². The van der Waals surface area contributed by atoms with Crippen molar-refractivity contribution in [3.05, 3.63) is 29.3 Å². The van der Waals surface area contributed by atoms with E-state index in [1.165, 1.54) is 5.56 Å². The van der Waals surface area contributed by atoms with E-state index in [9.17, 15) is 9.90 Å². The lowest BCUT2D eigenvalue weighted by Crippen LogP contribution is -2.36. The molecule has 2 N–H and O–H groups in total. The van der Waals surface area contributed by atoms with Crippen LogP contribution in [0.2, 0.25) is 0 Å². The summed E-state index contributed by atoms with van der Waals surface area (Å²) in [7, 11) is 1.68. The SMILES string of the molecule is COc1cccc2c1CCC2NC(=O)CC1(O)CCCC1. The smallest absolute Gasteiger partial charge is 0.223 e. The summed E-state index contributed by atoms with van der Waals surface area (Å²) in [5.74, 6) is 0.860. The van der Waals surface area contributed by atoms with Crippen molar-refractivity contribution in [1.29, 1.82) is 0 Å². The van der Waals surface area contributed by atoms with Gasteiger partial charge in [-0.25, -0.2) is 0 Å². The van der Waals surface area contributed by atoms with E-state index < -0.39 is 5.60 Å². The van der Waals surface area contributed by atoms with E-state index in [0.29, 0.717) is 0 Å². The topological polar surface area (TPSA) is 58.6 Å². The fourth-order valence-electron chi connectivity index (χ4n) is 3.72. The molecule has 0 aliphatic heterocycles. The van der Waals surface area contributed by atoms with E-state index in [0.717, 1.165) is 49.8 Å². The Morgan fingerprint density at radius 1 is 1.43 bits per heavy atom. The Morgan fingerprint density at radius 3 is 2.90 bits per heavy atom. The number of nitrogens with one attached hydrogen (secondary N) is 1. The van der Waals surface area contributed by atoms with E-state index >= 15 is 0 Å². The maximum Gasteiger partial charge on any atom is 0.223 e. The Balaban J connectivity index is 1.66. The molecule has 1 unspecified atom stereocenters. The van der Waals surface area contributed by atoms with Gasteiger partial charge in [-0.2, -0.15) is 0 Å². The van der Waals surface area contributed by atoms with Gasteiger partial charge >= 0.3 is 0 Å². The third kappa shape index (κ3) is 2.91. The van der Waals surface area contributed by atoms with Gasteiger partial charge in [0, 0.05) is 0 Å². The molecule has 0 spiro atoms. The lowest BCUT2D eigenvalue weighted by Gasteiger charge is -2.23. The van der Waals surface area contributed by atoms with Crippen LogP contribution in [0.15, 0.2) is 18.2 Å². The van der Waals surface area contributed by atoms with Crippen molar-refractivity contribution >= 4 is 5.91 Å². The highest BCUT2D eigenvalue weighted by Crippen LogP contribution is 2.37. The molecule has 0 aromatic heterocycles. The summed E-state index contributed by atoms with van der Waals surface area (Å²) < 4.78 is 5.38. The number of carbonyl (C=O) groups is 1. The number of amides is 1. The molecular weight excluding hydrogens is 266 g/mol. The van der Waals surface area contributed by atoms with Crippen LogP contribution in [0.1, 0.15) is 55.7 Å². The lowest BCUT2D eigenvalue weighted by atomic mass is 9.97. The Kier molecular flexibility index (Phi) is 3.89. The first-order valence-corrected chi connectivity index (χ1v) is 7.79. The molecule has 0 bridgehead atoms. The molecule has 4 heteroatoms. The summed E-state index contributed by atoms with van der Waals surface area (Å²) in [5.41, 5.74) is 1.57. The zero-order valence-electron chi connectivity index (χ0n) is 12.5. The minimum Gasteiger partial charge on any atom is -0.496 e. The van der Waals surface area contributed by atoms with Gasteiger partial charge in [-0.05, 0) is 42.9 Å². The minimum atomic E-state index is -0.778. The van der Waals surface area contributed by atoms with Gasteiger partial charge < -0.3 is 15.2 Å². The number of benzene rings is 1. The van der Waals surface area contributed by atoms with Gasteiger partial charge in [0.25, 0.3) is 0 Å². The molecule has 1 aromatic carbocycles. The third-order valence-electron chi connectivity index (χ3n) is 4.81. The summed E-state index contributed by atoms with van der Waals surface area (Å²) in [6.07, 6.45) is 5.59. The van der Waals surface area contributed by atoms with Gasteiger partial charge in [-0.3, -0.25) is 4.79 Å². The maximum atomic E-state index is 12.2. The number of aliphatic hydroxyl groups is 1. The van der Waals surface area contributed by atoms with Crippen molar-refractivity contribution in [2.45, 2.75) is 56.6 Å². The number of hydrogen-bond acceptors (Lipinski definition) is 3. The van der Waals surface area contributed by atoms with E-state index in [2.05, 4.69) is 11.4 Å². The van der Waals surface area contributed by atoms with Crippen molar-refractivity contribution in [2.24, 2.45) is 0 Å². The summed E-state index contributed by atoms with van der Waals surface area (Å²) in [4.78, 5) is 12.2. The largest absolute Gasteiger partial charge is 0.496 e. The first-order valence-electron chi connectivity index (χ1n) is 7.79. The molecule has 114 valence electrons. The second-order valence-corrected chi connectivity index (χ2v) is 6.30. The molecule has 1 atom stereocenters. The molecule has 1 amide bonds. The Bertz CT molecular complexity index is 535. The fourth-order valence-corrected chi connectivity index (χ4v) is 3.72. The first kappa shape index (κ1) is 14.4. The maximum absolute atomic E-state index is 12.2. The second-order valence-electron chi connectivity index (χ2n) is 6.30. The van der Waals surface area contributed by atoms with Crippen LogP contribution in [0.5, 0.6) is 5.75 Å².